The summed E-state index contributed by atoms with van der Waals surface area (Å²) in [6.45, 7) is 6.32. The van der Waals surface area contributed by atoms with Crippen molar-refractivity contribution in [3.05, 3.63) is 36.2 Å². The van der Waals surface area contributed by atoms with Crippen molar-refractivity contribution in [1.82, 2.24) is 20.2 Å². The van der Waals surface area contributed by atoms with E-state index in [9.17, 15) is 8.42 Å². The Labute approximate surface area is 175 Å². The molecule has 162 valence electrons. The molecule has 9 nitrogen and oxygen atoms in total. The Morgan fingerprint density at radius 3 is 2.59 bits per heavy atom. The molecule has 0 atom stereocenters. The molecule has 0 saturated heterocycles. The number of sulfone groups is 1. The molecule has 2 aromatic heterocycles. The van der Waals surface area contributed by atoms with Gasteiger partial charge in [-0.05, 0) is 45.9 Å². The zero-order valence-electron chi connectivity index (χ0n) is 16.6. The Bertz CT molecular complexity index is 1100. The number of hydrogen-bond donors (Lipinski definition) is 2. The van der Waals surface area contributed by atoms with E-state index < -0.39 is 15.1 Å². The quantitative estimate of drug-likeness (QED) is 0.521. The lowest BCUT2D eigenvalue weighted by molar-refractivity contribution is 0.576. The van der Waals surface area contributed by atoms with Crippen LogP contribution in [0.15, 0.2) is 39.8 Å². The first-order chi connectivity index (χ1) is 13.8. The smallest absolute Gasteiger partial charge is 0.315 e. The van der Waals surface area contributed by atoms with E-state index in [2.05, 4.69) is 25.5 Å². The fraction of sp³-hybridized carbons (Fsp3) is 0.368. The standard InChI is InChI=1S/C19H24N6O3S.4H2/c1-12(2)29(26,27)15-7-5-14(6-8-15)16-11-22-13(3)17(23-16)18-24-25-19(28-18)21-10-4-9-20;;;;/h5-8,11-12H,4,9-10,20H2,1-3H3,(H,21,25);4*1H. The molecule has 0 aliphatic heterocycles. The van der Waals surface area contributed by atoms with Gasteiger partial charge in [-0.25, -0.2) is 13.4 Å². The second-order valence-electron chi connectivity index (χ2n) is 6.79. The van der Waals surface area contributed by atoms with Gasteiger partial charge in [-0.3, -0.25) is 4.98 Å². The number of aromatic nitrogens is 4. The highest BCUT2D eigenvalue weighted by Crippen LogP contribution is 2.26. The average molecular weight is 425 g/mol. The van der Waals surface area contributed by atoms with Gasteiger partial charge < -0.3 is 15.5 Å². The summed E-state index contributed by atoms with van der Waals surface area (Å²) in [5.74, 6) is 0.256. The minimum absolute atomic E-state index is 0. The summed E-state index contributed by atoms with van der Waals surface area (Å²) in [7, 11) is -3.32. The van der Waals surface area contributed by atoms with E-state index in [4.69, 9.17) is 10.2 Å². The molecule has 3 rings (SSSR count). The molecule has 3 N–H and O–H groups in total. The lowest BCUT2D eigenvalue weighted by Crippen LogP contribution is -2.13. The molecule has 0 bridgehead atoms. The molecular weight excluding hydrogens is 392 g/mol. The summed E-state index contributed by atoms with van der Waals surface area (Å²) in [6.07, 6.45) is 2.41. The summed E-state index contributed by atoms with van der Waals surface area (Å²) >= 11 is 0. The van der Waals surface area contributed by atoms with Crippen LogP contribution in [-0.2, 0) is 9.84 Å². The van der Waals surface area contributed by atoms with Crippen LogP contribution in [0, 0.1) is 6.92 Å². The van der Waals surface area contributed by atoms with Gasteiger partial charge in [0.05, 0.1) is 27.7 Å². The number of nitrogens with two attached hydrogens (primary N) is 1. The summed E-state index contributed by atoms with van der Waals surface area (Å²) < 4.78 is 30.2. The van der Waals surface area contributed by atoms with Crippen molar-refractivity contribution < 1.29 is 18.5 Å². The molecule has 0 spiro atoms. The van der Waals surface area contributed by atoms with Crippen LogP contribution in [0.2, 0.25) is 0 Å². The lowest BCUT2D eigenvalue weighted by atomic mass is 10.1. The number of anilines is 1. The van der Waals surface area contributed by atoms with Gasteiger partial charge in [0, 0.05) is 17.8 Å². The predicted octanol–water partition coefficient (Wildman–Crippen LogP) is 3.43. The van der Waals surface area contributed by atoms with Crippen LogP contribution < -0.4 is 11.1 Å². The first-order valence-electron chi connectivity index (χ1n) is 9.28. The summed E-state index contributed by atoms with van der Waals surface area (Å²) in [4.78, 5) is 9.24. The molecule has 3 aromatic rings. The Kier molecular flexibility index (Phi) is 6.23. The highest BCUT2D eigenvalue weighted by molar-refractivity contribution is 7.92. The van der Waals surface area contributed by atoms with E-state index in [1.165, 1.54) is 0 Å². The second kappa shape index (κ2) is 8.66. The van der Waals surface area contributed by atoms with E-state index in [0.717, 1.165) is 12.0 Å². The van der Waals surface area contributed by atoms with E-state index >= 15 is 0 Å². The Morgan fingerprint density at radius 2 is 1.93 bits per heavy atom. The molecule has 0 unspecified atom stereocenters. The number of nitrogens with zero attached hydrogens (tertiary/aromatic N) is 4. The zero-order valence-corrected chi connectivity index (χ0v) is 17.4. The summed E-state index contributed by atoms with van der Waals surface area (Å²) in [5.41, 5.74) is 7.90. The fourth-order valence-corrected chi connectivity index (χ4v) is 3.63. The first kappa shape index (κ1) is 20.9. The van der Waals surface area contributed by atoms with Crippen LogP contribution in [0.25, 0.3) is 22.8 Å². The summed E-state index contributed by atoms with van der Waals surface area (Å²) in [6, 6.07) is 6.89. The molecule has 29 heavy (non-hydrogen) atoms. The molecule has 2 heterocycles. The van der Waals surface area contributed by atoms with E-state index in [1.54, 1.807) is 51.2 Å². The van der Waals surface area contributed by atoms with Crippen molar-refractivity contribution in [2.24, 2.45) is 5.73 Å². The maximum Gasteiger partial charge on any atom is 0.315 e. The van der Waals surface area contributed by atoms with E-state index in [1.807, 2.05) is 0 Å². The van der Waals surface area contributed by atoms with Gasteiger partial charge in [0.1, 0.15) is 5.69 Å². The zero-order chi connectivity index (χ0) is 21.0. The molecule has 0 radical (unpaired) electrons. The van der Waals surface area contributed by atoms with Crippen LogP contribution in [0.3, 0.4) is 0 Å². The highest BCUT2D eigenvalue weighted by Gasteiger charge is 2.19. The molecular formula is C19H32N6O3S. The van der Waals surface area contributed by atoms with Gasteiger partial charge >= 0.3 is 6.01 Å². The van der Waals surface area contributed by atoms with Crippen molar-refractivity contribution in [2.75, 3.05) is 18.4 Å². The number of benzene rings is 1. The normalized spacial score (nSPS) is 11.8. The molecule has 10 heteroatoms. The minimum Gasteiger partial charge on any atom is -0.402 e. The third-order valence-electron chi connectivity index (χ3n) is 4.34. The van der Waals surface area contributed by atoms with Gasteiger partial charge in [-0.1, -0.05) is 17.2 Å². The Morgan fingerprint density at radius 1 is 1.21 bits per heavy atom. The SMILES string of the molecule is Cc1ncc(-c2ccc(S(=O)(=O)C(C)C)cc2)nc1-c1nnc(NCCCN)o1.[HH].[HH].[HH].[HH]. The molecule has 1 aromatic carbocycles. The monoisotopic (exact) mass is 424 g/mol. The topological polar surface area (TPSA) is 137 Å². The van der Waals surface area contributed by atoms with Gasteiger partial charge in [0.2, 0.25) is 0 Å². The van der Waals surface area contributed by atoms with Crippen LogP contribution in [0.1, 0.15) is 31.7 Å². The highest BCUT2D eigenvalue weighted by atomic mass is 32.2. The minimum atomic E-state index is -3.32. The van der Waals surface area contributed by atoms with Crippen LogP contribution in [0.5, 0.6) is 0 Å². The van der Waals surface area contributed by atoms with E-state index in [0.29, 0.717) is 36.2 Å². The molecule has 0 aliphatic rings. The Hall–Kier alpha value is -2.85. The van der Waals surface area contributed by atoms with Crippen LogP contribution >= 0.6 is 0 Å². The largest absolute Gasteiger partial charge is 0.402 e. The van der Waals surface area contributed by atoms with Crippen molar-refractivity contribution in [1.29, 1.82) is 0 Å². The van der Waals surface area contributed by atoms with E-state index in [-0.39, 0.29) is 16.5 Å². The number of nitrogens with one attached hydrogen (secondary N) is 1. The summed E-state index contributed by atoms with van der Waals surface area (Å²) in [5, 5.41) is 10.5. The maximum absolute atomic E-state index is 12.3. The van der Waals surface area contributed by atoms with Crippen molar-refractivity contribution in [3.8, 4) is 22.8 Å². The molecule has 0 amide bonds. The fourth-order valence-electron chi connectivity index (χ4n) is 2.57. The Balaban J connectivity index is 0. The van der Waals surface area contributed by atoms with Crippen LogP contribution in [0.4, 0.5) is 6.01 Å². The second-order valence-corrected chi connectivity index (χ2v) is 9.29. The lowest BCUT2D eigenvalue weighted by Gasteiger charge is -2.09. The van der Waals surface area contributed by atoms with Crippen molar-refractivity contribution in [3.63, 3.8) is 0 Å². The predicted molar refractivity (Wildman–Crippen MR) is 118 cm³/mol. The van der Waals surface area contributed by atoms with Gasteiger partial charge in [-0.15, -0.1) is 5.10 Å². The third-order valence-corrected chi connectivity index (χ3v) is 6.51. The van der Waals surface area contributed by atoms with Gasteiger partial charge in [0.25, 0.3) is 5.89 Å². The first-order valence-corrected chi connectivity index (χ1v) is 10.8. The average Bonchev–Trinajstić information content (AvgIpc) is 3.17. The third kappa shape index (κ3) is 4.60. The molecule has 0 fully saturated rings. The number of rotatable bonds is 8. The van der Waals surface area contributed by atoms with Crippen molar-refractivity contribution >= 4 is 15.9 Å². The molecule has 0 aliphatic carbocycles. The van der Waals surface area contributed by atoms with Gasteiger partial charge in [-0.2, -0.15) is 0 Å². The number of hydrogen-bond acceptors (Lipinski definition) is 9. The van der Waals surface area contributed by atoms with Crippen molar-refractivity contribution in [2.45, 2.75) is 37.3 Å². The maximum atomic E-state index is 12.3. The molecule has 0 saturated carbocycles. The van der Waals surface area contributed by atoms with Gasteiger partial charge in [0.15, 0.2) is 9.84 Å². The van der Waals surface area contributed by atoms with Crippen LogP contribution in [-0.4, -0.2) is 46.9 Å². The number of aryl methyl sites for hydroxylation is 1.